The van der Waals surface area contributed by atoms with E-state index < -0.39 is 0 Å². The highest BCUT2D eigenvalue weighted by molar-refractivity contribution is 5.94. The summed E-state index contributed by atoms with van der Waals surface area (Å²) in [5.74, 6) is 0.736. The molecule has 1 N–H and O–H groups in total. The molecule has 6 nitrogen and oxygen atoms in total. The maximum absolute atomic E-state index is 12.3. The fourth-order valence-electron chi connectivity index (χ4n) is 2.88. The minimum atomic E-state index is -0.0933. The van der Waals surface area contributed by atoms with Crippen molar-refractivity contribution in [3.8, 4) is 5.75 Å². The first-order valence-corrected chi connectivity index (χ1v) is 8.75. The van der Waals surface area contributed by atoms with E-state index in [1.165, 1.54) is 6.92 Å². The predicted octanol–water partition coefficient (Wildman–Crippen LogP) is 2.71. The van der Waals surface area contributed by atoms with Gasteiger partial charge < -0.3 is 10.1 Å². The van der Waals surface area contributed by atoms with Crippen molar-refractivity contribution in [2.24, 2.45) is 5.92 Å². The predicted molar refractivity (Wildman–Crippen MR) is 101 cm³/mol. The molecule has 26 heavy (non-hydrogen) atoms. The van der Waals surface area contributed by atoms with Crippen LogP contribution in [-0.2, 0) is 17.8 Å². The first-order valence-electron chi connectivity index (χ1n) is 8.75. The molecular weight excluding hydrogens is 330 g/mol. The van der Waals surface area contributed by atoms with Gasteiger partial charge in [0.15, 0.2) is 5.78 Å². The topological polar surface area (TPSA) is 73.2 Å². The number of methoxy groups -OCH3 is 1. The fourth-order valence-corrected chi connectivity index (χ4v) is 2.88. The summed E-state index contributed by atoms with van der Waals surface area (Å²) in [5, 5.41) is 7.41. The van der Waals surface area contributed by atoms with E-state index >= 15 is 0 Å². The van der Waals surface area contributed by atoms with Gasteiger partial charge in [-0.25, -0.2) is 0 Å². The van der Waals surface area contributed by atoms with Crippen LogP contribution in [0.1, 0.15) is 41.2 Å². The highest BCUT2D eigenvalue weighted by Crippen LogP contribution is 2.21. The van der Waals surface area contributed by atoms with Crippen LogP contribution in [0, 0.1) is 19.8 Å². The van der Waals surface area contributed by atoms with E-state index in [4.69, 9.17) is 4.74 Å². The Kier molecular flexibility index (Phi) is 6.55. The second-order valence-electron chi connectivity index (χ2n) is 6.78. The third-order valence-electron chi connectivity index (χ3n) is 4.27. The Balaban J connectivity index is 1.93. The van der Waals surface area contributed by atoms with Crippen molar-refractivity contribution < 1.29 is 14.3 Å². The number of Topliss-reactive ketones (excluding diaryl/α,β-unsaturated/α-hetero) is 1. The molecule has 1 aromatic carbocycles. The van der Waals surface area contributed by atoms with Crippen molar-refractivity contribution in [3.63, 3.8) is 0 Å². The van der Waals surface area contributed by atoms with Gasteiger partial charge in [-0.2, -0.15) is 5.10 Å². The molecule has 0 aliphatic carbocycles. The zero-order valence-corrected chi connectivity index (χ0v) is 16.1. The SMILES string of the molecule is COc1ccc(C(C)=O)cc1CC(=O)NCC(C)Cn1nc(C)cc1C. The highest BCUT2D eigenvalue weighted by atomic mass is 16.5. The lowest BCUT2D eigenvalue weighted by Gasteiger charge is -2.15. The van der Waals surface area contributed by atoms with Crippen LogP contribution in [0.2, 0.25) is 0 Å². The molecule has 0 aliphatic heterocycles. The van der Waals surface area contributed by atoms with E-state index in [2.05, 4.69) is 17.3 Å². The number of aromatic nitrogens is 2. The van der Waals surface area contributed by atoms with Gasteiger partial charge in [-0.1, -0.05) is 6.92 Å². The van der Waals surface area contributed by atoms with Gasteiger partial charge in [0, 0.05) is 29.9 Å². The lowest BCUT2D eigenvalue weighted by Crippen LogP contribution is -2.31. The lowest BCUT2D eigenvalue weighted by molar-refractivity contribution is -0.120. The maximum Gasteiger partial charge on any atom is 0.224 e. The van der Waals surface area contributed by atoms with Gasteiger partial charge in [0.1, 0.15) is 5.75 Å². The number of aryl methyl sites for hydroxylation is 2. The molecule has 1 aromatic heterocycles. The van der Waals surface area contributed by atoms with Gasteiger partial charge in [-0.3, -0.25) is 14.3 Å². The molecular formula is C20H27N3O3. The molecule has 1 atom stereocenters. The van der Waals surface area contributed by atoms with Gasteiger partial charge in [0.05, 0.1) is 19.2 Å². The van der Waals surface area contributed by atoms with E-state index in [1.54, 1.807) is 25.3 Å². The Hall–Kier alpha value is -2.63. The number of benzene rings is 1. The summed E-state index contributed by atoms with van der Waals surface area (Å²) >= 11 is 0. The van der Waals surface area contributed by atoms with Gasteiger partial charge >= 0.3 is 0 Å². The largest absolute Gasteiger partial charge is 0.496 e. The number of carbonyl (C=O) groups excluding carboxylic acids is 2. The van der Waals surface area contributed by atoms with Gasteiger partial charge in [0.2, 0.25) is 5.91 Å². The van der Waals surface area contributed by atoms with Gasteiger partial charge in [-0.15, -0.1) is 0 Å². The molecule has 0 radical (unpaired) electrons. The second kappa shape index (κ2) is 8.65. The van der Waals surface area contributed by atoms with Crippen LogP contribution >= 0.6 is 0 Å². The average Bonchev–Trinajstić information content (AvgIpc) is 2.90. The number of nitrogens with one attached hydrogen (secondary N) is 1. The number of nitrogens with zero attached hydrogens (tertiary/aromatic N) is 2. The molecule has 0 spiro atoms. The highest BCUT2D eigenvalue weighted by Gasteiger charge is 2.13. The number of rotatable bonds is 8. The third kappa shape index (κ3) is 5.18. The van der Waals surface area contributed by atoms with Crippen LogP contribution in [0.4, 0.5) is 0 Å². The molecule has 2 aromatic rings. The van der Waals surface area contributed by atoms with E-state index in [0.717, 1.165) is 17.9 Å². The number of ether oxygens (including phenoxy) is 1. The Bertz CT molecular complexity index is 796. The minimum Gasteiger partial charge on any atom is -0.496 e. The zero-order chi connectivity index (χ0) is 19.3. The molecule has 0 fully saturated rings. The average molecular weight is 357 g/mol. The molecule has 6 heteroatoms. The smallest absolute Gasteiger partial charge is 0.224 e. The van der Waals surface area contributed by atoms with Gasteiger partial charge in [-0.05, 0) is 51.0 Å². The van der Waals surface area contributed by atoms with Crippen LogP contribution in [0.25, 0.3) is 0 Å². The number of hydrogen-bond acceptors (Lipinski definition) is 4. The molecule has 1 unspecified atom stereocenters. The third-order valence-corrected chi connectivity index (χ3v) is 4.27. The van der Waals surface area contributed by atoms with Crippen molar-refractivity contribution in [1.29, 1.82) is 0 Å². The molecule has 0 aliphatic rings. The molecule has 1 amide bonds. The van der Waals surface area contributed by atoms with Gasteiger partial charge in [0.25, 0.3) is 0 Å². The van der Waals surface area contributed by atoms with Crippen LogP contribution in [0.5, 0.6) is 5.75 Å². The number of carbonyl (C=O) groups is 2. The van der Waals surface area contributed by atoms with Crippen molar-refractivity contribution in [2.75, 3.05) is 13.7 Å². The Morgan fingerprint density at radius 1 is 1.27 bits per heavy atom. The van der Waals surface area contributed by atoms with Crippen molar-refractivity contribution in [1.82, 2.24) is 15.1 Å². The molecule has 1 heterocycles. The summed E-state index contributed by atoms with van der Waals surface area (Å²) in [4.78, 5) is 23.9. The van der Waals surface area contributed by atoms with Crippen LogP contribution in [0.3, 0.4) is 0 Å². The van der Waals surface area contributed by atoms with E-state index in [-0.39, 0.29) is 24.0 Å². The fraction of sp³-hybridized carbons (Fsp3) is 0.450. The van der Waals surface area contributed by atoms with Crippen molar-refractivity contribution in [3.05, 3.63) is 46.8 Å². The van der Waals surface area contributed by atoms with Crippen LogP contribution in [-0.4, -0.2) is 35.1 Å². The summed E-state index contributed by atoms with van der Waals surface area (Å²) in [6, 6.07) is 7.20. The first kappa shape index (κ1) is 19.7. The van der Waals surface area contributed by atoms with Crippen molar-refractivity contribution >= 4 is 11.7 Å². The maximum atomic E-state index is 12.3. The second-order valence-corrected chi connectivity index (χ2v) is 6.78. The first-order chi connectivity index (χ1) is 12.3. The standard InChI is InChI=1S/C20H27N3O3/c1-13(12-23-15(3)8-14(2)22-23)11-21-20(25)10-18-9-17(16(4)24)6-7-19(18)26-5/h6-9,13H,10-12H2,1-5H3,(H,21,25). The molecule has 140 valence electrons. The summed E-state index contributed by atoms with van der Waals surface area (Å²) < 4.78 is 7.26. The number of amides is 1. The number of ketones is 1. The normalized spacial score (nSPS) is 11.9. The Labute approximate surface area is 154 Å². The summed E-state index contributed by atoms with van der Waals surface area (Å²) in [5.41, 5.74) is 3.40. The summed E-state index contributed by atoms with van der Waals surface area (Å²) in [6.07, 6.45) is 0.177. The van der Waals surface area contributed by atoms with E-state index in [1.807, 2.05) is 24.6 Å². The summed E-state index contributed by atoms with van der Waals surface area (Å²) in [6.45, 7) is 8.90. The van der Waals surface area contributed by atoms with Crippen molar-refractivity contribution in [2.45, 2.75) is 40.7 Å². The van der Waals surface area contributed by atoms with Crippen LogP contribution in [0.15, 0.2) is 24.3 Å². The Morgan fingerprint density at radius 2 is 2.00 bits per heavy atom. The summed E-state index contributed by atoms with van der Waals surface area (Å²) in [7, 11) is 1.56. The van der Waals surface area contributed by atoms with E-state index in [0.29, 0.717) is 23.4 Å². The van der Waals surface area contributed by atoms with E-state index in [9.17, 15) is 9.59 Å². The molecule has 0 saturated heterocycles. The lowest BCUT2D eigenvalue weighted by atomic mass is 10.0. The molecule has 0 bridgehead atoms. The zero-order valence-electron chi connectivity index (χ0n) is 16.1. The monoisotopic (exact) mass is 357 g/mol. The molecule has 2 rings (SSSR count). The number of hydrogen-bond donors (Lipinski definition) is 1. The Morgan fingerprint density at radius 3 is 2.58 bits per heavy atom. The molecule has 0 saturated carbocycles. The van der Waals surface area contributed by atoms with Crippen LogP contribution < -0.4 is 10.1 Å². The minimum absolute atomic E-state index is 0.0344. The quantitative estimate of drug-likeness (QED) is 0.737.